The van der Waals surface area contributed by atoms with Gasteiger partial charge in [0.05, 0.1) is 17.6 Å². The van der Waals surface area contributed by atoms with E-state index in [-0.39, 0.29) is 18.9 Å². The maximum atomic E-state index is 10.8. The molecule has 0 saturated heterocycles. The smallest absolute Gasteiger partial charge is 0.303 e. The summed E-state index contributed by atoms with van der Waals surface area (Å²) >= 11 is 0. The first-order valence-corrected chi connectivity index (χ1v) is 10.6. The van der Waals surface area contributed by atoms with E-state index in [4.69, 9.17) is 9.84 Å². The van der Waals surface area contributed by atoms with Crippen LogP contribution in [0.3, 0.4) is 0 Å². The fraction of sp³-hybridized carbons (Fsp3) is 0.192. The monoisotopic (exact) mass is 445 g/mol. The van der Waals surface area contributed by atoms with Crippen LogP contribution in [-0.4, -0.2) is 32.8 Å². The lowest BCUT2D eigenvalue weighted by Crippen LogP contribution is -2.20. The second kappa shape index (κ2) is 11.7. The van der Waals surface area contributed by atoms with Crippen LogP contribution < -0.4 is 10.1 Å². The number of hydrogen-bond donors (Lipinski definition) is 3. The van der Waals surface area contributed by atoms with Crippen molar-refractivity contribution in [2.75, 3.05) is 6.61 Å². The topological polar surface area (TPSA) is 105 Å². The molecule has 0 aliphatic heterocycles. The molecule has 0 amide bonds. The average Bonchev–Trinajstić information content (AvgIpc) is 2.83. The molecule has 0 radical (unpaired) electrons. The Hall–Kier alpha value is -3.81. The highest BCUT2D eigenvalue weighted by Gasteiger charge is 2.15. The molecule has 0 spiro atoms. The summed E-state index contributed by atoms with van der Waals surface area (Å²) in [7, 11) is 0. The first-order chi connectivity index (χ1) is 16.0. The molecule has 0 aliphatic rings. The van der Waals surface area contributed by atoms with Crippen LogP contribution in [0.4, 0.5) is 0 Å². The minimum absolute atomic E-state index is 0.00339. The third kappa shape index (κ3) is 6.58. The Morgan fingerprint density at radius 3 is 2.61 bits per heavy atom. The van der Waals surface area contributed by atoms with Crippen molar-refractivity contribution in [1.29, 1.82) is 0 Å². The summed E-state index contributed by atoms with van der Waals surface area (Å²) in [4.78, 5) is 20.1. The van der Waals surface area contributed by atoms with Crippen LogP contribution in [0.2, 0.25) is 0 Å². The molecular weight excluding hydrogens is 418 g/mol. The average molecular weight is 446 g/mol. The molecule has 0 aliphatic carbocycles. The van der Waals surface area contributed by atoms with E-state index in [0.717, 1.165) is 5.56 Å². The number of aliphatic hydroxyl groups excluding tert-OH is 1. The van der Waals surface area contributed by atoms with E-state index in [1.807, 2.05) is 30.3 Å². The number of carboxylic acids is 1. The van der Waals surface area contributed by atoms with Gasteiger partial charge in [0.15, 0.2) is 0 Å². The number of carboxylic acid groups (broad SMARTS) is 1. The summed E-state index contributed by atoms with van der Waals surface area (Å²) in [5, 5.41) is 22.6. The number of nitrogens with one attached hydrogen (secondary N) is 1. The number of aromatic nitrogens is 2. The van der Waals surface area contributed by atoms with Crippen LogP contribution in [0, 0.1) is 0 Å². The summed E-state index contributed by atoms with van der Waals surface area (Å²) in [6.07, 6.45) is 4.45. The maximum absolute atomic E-state index is 10.8. The van der Waals surface area contributed by atoms with E-state index in [1.165, 1.54) is 0 Å². The standard InChI is InChI=1S/C26H27N3O4/c1-3-9-19(4-2)24-26(33-15-8-12-23(30)31)29-22-16-20(13-14-21(22)28-24)25(32)27-17-18-10-6-5-7-11-18/h3-7,9-11,13-14,16,25,27,32H,1-2,8,12,15,17H2,(H,30,31)/b19-9+. The number of benzene rings is 2. The van der Waals surface area contributed by atoms with Gasteiger partial charge in [-0.1, -0.05) is 67.8 Å². The van der Waals surface area contributed by atoms with Gasteiger partial charge in [0.1, 0.15) is 11.9 Å². The zero-order valence-corrected chi connectivity index (χ0v) is 18.3. The Bertz CT molecular complexity index is 1160. The maximum Gasteiger partial charge on any atom is 0.303 e. The van der Waals surface area contributed by atoms with Crippen molar-refractivity contribution in [3.05, 3.63) is 96.7 Å². The van der Waals surface area contributed by atoms with E-state index in [2.05, 4.69) is 28.4 Å². The second-order valence-corrected chi connectivity index (χ2v) is 7.30. The Morgan fingerprint density at radius 2 is 1.91 bits per heavy atom. The highest BCUT2D eigenvalue weighted by atomic mass is 16.5. The van der Waals surface area contributed by atoms with E-state index in [9.17, 15) is 9.90 Å². The Labute approximate surface area is 192 Å². The molecule has 7 nitrogen and oxygen atoms in total. The Morgan fingerprint density at radius 1 is 1.12 bits per heavy atom. The predicted molar refractivity (Wildman–Crippen MR) is 129 cm³/mol. The minimum Gasteiger partial charge on any atom is -0.481 e. The number of ether oxygens (including phenoxy) is 1. The van der Waals surface area contributed by atoms with Gasteiger partial charge in [-0.15, -0.1) is 0 Å². The fourth-order valence-corrected chi connectivity index (χ4v) is 3.21. The molecule has 0 saturated carbocycles. The normalized spacial score (nSPS) is 12.3. The van der Waals surface area contributed by atoms with E-state index < -0.39 is 12.2 Å². The van der Waals surface area contributed by atoms with Gasteiger partial charge in [-0.3, -0.25) is 10.1 Å². The lowest BCUT2D eigenvalue weighted by atomic mass is 10.1. The van der Waals surface area contributed by atoms with E-state index in [1.54, 1.807) is 36.4 Å². The molecule has 170 valence electrons. The van der Waals surface area contributed by atoms with E-state index >= 15 is 0 Å². The molecule has 2 aromatic carbocycles. The quantitative estimate of drug-likeness (QED) is 0.215. The molecule has 0 fully saturated rings. The number of nitrogens with zero attached hydrogens (tertiary/aromatic N) is 2. The highest BCUT2D eigenvalue weighted by molar-refractivity contribution is 5.82. The lowest BCUT2D eigenvalue weighted by molar-refractivity contribution is -0.137. The van der Waals surface area contributed by atoms with Gasteiger partial charge in [-0.25, -0.2) is 9.97 Å². The highest BCUT2D eigenvalue weighted by Crippen LogP contribution is 2.28. The largest absolute Gasteiger partial charge is 0.481 e. The van der Waals surface area contributed by atoms with Crippen molar-refractivity contribution in [2.45, 2.75) is 25.6 Å². The van der Waals surface area contributed by atoms with Crippen molar-refractivity contribution in [3.8, 4) is 5.88 Å². The molecular formula is C26H27N3O4. The molecule has 1 aromatic heterocycles. The van der Waals surface area contributed by atoms with Crippen molar-refractivity contribution in [2.24, 2.45) is 0 Å². The van der Waals surface area contributed by atoms with Gasteiger partial charge >= 0.3 is 5.97 Å². The number of aliphatic carboxylic acids is 1. The first-order valence-electron chi connectivity index (χ1n) is 10.6. The zero-order valence-electron chi connectivity index (χ0n) is 18.3. The van der Waals surface area contributed by atoms with Crippen LogP contribution >= 0.6 is 0 Å². The van der Waals surface area contributed by atoms with Gasteiger partial charge < -0.3 is 14.9 Å². The second-order valence-electron chi connectivity index (χ2n) is 7.30. The molecule has 1 unspecified atom stereocenters. The number of rotatable bonds is 12. The number of carbonyl (C=O) groups is 1. The molecule has 3 rings (SSSR count). The summed E-state index contributed by atoms with van der Waals surface area (Å²) in [5.74, 6) is -0.617. The van der Waals surface area contributed by atoms with Crippen molar-refractivity contribution < 1.29 is 19.7 Å². The summed E-state index contributed by atoms with van der Waals surface area (Å²) in [6.45, 7) is 8.23. The number of fused-ring (bicyclic) bond motifs is 1. The minimum atomic E-state index is -0.889. The summed E-state index contributed by atoms with van der Waals surface area (Å²) in [6, 6.07) is 15.1. The third-order valence-electron chi connectivity index (χ3n) is 4.88. The van der Waals surface area contributed by atoms with Gasteiger partial charge in [-0.05, 0) is 29.7 Å². The summed E-state index contributed by atoms with van der Waals surface area (Å²) in [5.41, 5.74) is 4.04. The molecule has 7 heteroatoms. The lowest BCUT2D eigenvalue weighted by Gasteiger charge is -2.15. The summed E-state index contributed by atoms with van der Waals surface area (Å²) < 4.78 is 5.79. The van der Waals surface area contributed by atoms with Gasteiger partial charge in [0.2, 0.25) is 5.88 Å². The van der Waals surface area contributed by atoms with Crippen LogP contribution in [0.15, 0.2) is 79.9 Å². The fourth-order valence-electron chi connectivity index (χ4n) is 3.21. The van der Waals surface area contributed by atoms with Crippen LogP contribution in [0.25, 0.3) is 16.6 Å². The molecule has 1 atom stereocenters. The van der Waals surface area contributed by atoms with Crippen molar-refractivity contribution in [1.82, 2.24) is 15.3 Å². The molecule has 3 N–H and O–H groups in total. The van der Waals surface area contributed by atoms with Crippen molar-refractivity contribution in [3.63, 3.8) is 0 Å². The van der Waals surface area contributed by atoms with E-state index in [0.29, 0.717) is 40.8 Å². The van der Waals surface area contributed by atoms with Gasteiger partial charge in [0, 0.05) is 18.5 Å². The molecule has 3 aromatic rings. The zero-order chi connectivity index (χ0) is 23.6. The van der Waals surface area contributed by atoms with Gasteiger partial charge in [0.25, 0.3) is 0 Å². The number of allylic oxidation sites excluding steroid dienone is 4. The predicted octanol–water partition coefficient (Wildman–Crippen LogP) is 4.41. The number of aliphatic hydroxyl groups is 1. The first kappa shape index (κ1) is 23.8. The van der Waals surface area contributed by atoms with Gasteiger partial charge in [-0.2, -0.15) is 0 Å². The molecule has 33 heavy (non-hydrogen) atoms. The van der Waals surface area contributed by atoms with Crippen LogP contribution in [0.5, 0.6) is 5.88 Å². The third-order valence-corrected chi connectivity index (χ3v) is 4.88. The molecule has 0 bridgehead atoms. The van der Waals surface area contributed by atoms with Crippen LogP contribution in [-0.2, 0) is 11.3 Å². The van der Waals surface area contributed by atoms with Crippen molar-refractivity contribution >= 4 is 22.6 Å². The van der Waals surface area contributed by atoms with Crippen LogP contribution in [0.1, 0.15) is 35.9 Å². The number of hydrogen-bond acceptors (Lipinski definition) is 6. The Balaban J connectivity index is 1.88. The Kier molecular flexibility index (Phi) is 8.46. The molecule has 1 heterocycles. The SMILES string of the molecule is C=C/C=C(\C=C)c1nc2ccc(C(O)NCc3ccccc3)cc2nc1OCCCC(=O)O.